The number of allylic oxidation sites excluding steroid dienone is 7. The molecule has 408 valence electrons. The Kier molecular flexibility index (Phi) is 38.7. The second kappa shape index (κ2) is 42.3. The fraction of sp³-hybridized carbons (Fsp3) is 0.839. The number of amides is 1. The van der Waals surface area contributed by atoms with Crippen LogP contribution in [0.2, 0.25) is 0 Å². The number of hydrogen-bond donors (Lipinski definition) is 9. The van der Waals surface area contributed by atoms with Crippen LogP contribution >= 0.6 is 0 Å². The molecule has 2 aliphatic rings. The molecular weight excluding hydrogens is 895 g/mol. The predicted octanol–water partition coefficient (Wildman–Crippen LogP) is 8.44. The molecule has 12 atom stereocenters. The van der Waals surface area contributed by atoms with Gasteiger partial charge in [-0.25, -0.2) is 0 Å². The molecule has 0 aromatic rings. The van der Waals surface area contributed by atoms with Crippen molar-refractivity contribution in [1.29, 1.82) is 0 Å². The lowest BCUT2D eigenvalue weighted by Crippen LogP contribution is -2.65. The zero-order valence-corrected chi connectivity index (χ0v) is 43.5. The van der Waals surface area contributed by atoms with Crippen LogP contribution in [0.1, 0.15) is 206 Å². The molecule has 9 N–H and O–H groups in total. The Hall–Kier alpha value is -2.05. The topological polar surface area (TPSA) is 228 Å². The number of aliphatic hydroxyl groups is 8. The average molecular weight is 996 g/mol. The van der Waals surface area contributed by atoms with Gasteiger partial charge in [0.15, 0.2) is 12.6 Å². The maximum absolute atomic E-state index is 13.2. The minimum atomic E-state index is -1.79. The van der Waals surface area contributed by atoms with Gasteiger partial charge in [-0.15, -0.1) is 0 Å². The molecule has 0 aromatic heterocycles. The molecule has 2 heterocycles. The van der Waals surface area contributed by atoms with Crippen molar-refractivity contribution < 1.29 is 64.6 Å². The first kappa shape index (κ1) is 64.1. The van der Waals surface area contributed by atoms with Gasteiger partial charge >= 0.3 is 0 Å². The molecule has 70 heavy (non-hydrogen) atoms. The van der Waals surface area contributed by atoms with E-state index in [1.54, 1.807) is 6.08 Å². The molecule has 0 aliphatic carbocycles. The van der Waals surface area contributed by atoms with Crippen molar-refractivity contribution in [3.8, 4) is 0 Å². The maximum Gasteiger partial charge on any atom is 0.220 e. The van der Waals surface area contributed by atoms with E-state index in [0.29, 0.717) is 12.8 Å². The van der Waals surface area contributed by atoms with Gasteiger partial charge in [0.25, 0.3) is 0 Å². The van der Waals surface area contributed by atoms with Crippen LogP contribution in [0.25, 0.3) is 0 Å². The summed E-state index contributed by atoms with van der Waals surface area (Å²) in [5.74, 6) is -0.265. The van der Waals surface area contributed by atoms with Crippen LogP contribution in [0.5, 0.6) is 0 Å². The van der Waals surface area contributed by atoms with Crippen molar-refractivity contribution in [1.82, 2.24) is 5.32 Å². The molecule has 2 saturated heterocycles. The maximum atomic E-state index is 13.2. The summed E-state index contributed by atoms with van der Waals surface area (Å²) >= 11 is 0. The summed E-state index contributed by atoms with van der Waals surface area (Å²) in [6.45, 7) is 2.73. The zero-order valence-electron chi connectivity index (χ0n) is 43.5. The second-order valence-electron chi connectivity index (χ2n) is 19.7. The van der Waals surface area contributed by atoms with E-state index in [1.807, 2.05) is 6.08 Å². The quantitative estimate of drug-likeness (QED) is 0.0207. The molecule has 1 amide bonds. The van der Waals surface area contributed by atoms with Gasteiger partial charge in [-0.1, -0.05) is 178 Å². The van der Waals surface area contributed by atoms with Crippen molar-refractivity contribution in [3.05, 3.63) is 48.6 Å². The van der Waals surface area contributed by atoms with Crippen molar-refractivity contribution >= 4 is 5.91 Å². The summed E-state index contributed by atoms with van der Waals surface area (Å²) in [5.41, 5.74) is 0. The summed E-state index contributed by atoms with van der Waals surface area (Å²) in [6.07, 6.45) is 34.5. The molecule has 12 unspecified atom stereocenters. The van der Waals surface area contributed by atoms with Crippen molar-refractivity contribution in [2.75, 3.05) is 19.8 Å². The largest absolute Gasteiger partial charge is 0.394 e. The van der Waals surface area contributed by atoms with Gasteiger partial charge in [0.2, 0.25) is 5.91 Å². The molecule has 0 spiro atoms. The molecule has 14 nitrogen and oxygen atoms in total. The Balaban J connectivity index is 1.80. The van der Waals surface area contributed by atoms with Crippen LogP contribution in [0.4, 0.5) is 0 Å². The van der Waals surface area contributed by atoms with E-state index in [0.717, 1.165) is 64.2 Å². The summed E-state index contributed by atoms with van der Waals surface area (Å²) < 4.78 is 22.7. The molecule has 2 rings (SSSR count). The lowest BCUT2D eigenvalue weighted by Gasteiger charge is -2.46. The predicted molar refractivity (Wildman–Crippen MR) is 277 cm³/mol. The first-order chi connectivity index (χ1) is 34.1. The minimum absolute atomic E-state index is 0.258. The van der Waals surface area contributed by atoms with E-state index in [9.17, 15) is 45.6 Å². The molecule has 0 aromatic carbocycles. The highest BCUT2D eigenvalue weighted by Crippen LogP contribution is 2.30. The van der Waals surface area contributed by atoms with E-state index >= 15 is 0 Å². The number of carbonyl (C=O) groups is 1. The van der Waals surface area contributed by atoms with Crippen LogP contribution < -0.4 is 5.32 Å². The molecule has 0 saturated carbocycles. The summed E-state index contributed by atoms with van der Waals surface area (Å²) in [4.78, 5) is 13.2. The number of ether oxygens (including phenoxy) is 4. The monoisotopic (exact) mass is 996 g/mol. The molecule has 0 bridgehead atoms. The average Bonchev–Trinajstić information content (AvgIpc) is 3.36. The van der Waals surface area contributed by atoms with Gasteiger partial charge in [-0.05, 0) is 70.6 Å². The lowest BCUT2D eigenvalue weighted by atomic mass is 9.97. The van der Waals surface area contributed by atoms with Gasteiger partial charge in [-0.2, -0.15) is 0 Å². The van der Waals surface area contributed by atoms with Crippen molar-refractivity contribution in [2.45, 2.75) is 280 Å². The molecule has 0 radical (unpaired) electrons. The number of carbonyl (C=O) groups excluding carboxylic acids is 1. The van der Waals surface area contributed by atoms with Crippen LogP contribution in [0.3, 0.4) is 0 Å². The Bertz CT molecular complexity index is 1360. The highest BCUT2D eigenvalue weighted by atomic mass is 16.7. The fourth-order valence-corrected chi connectivity index (χ4v) is 8.90. The Labute approximate surface area is 423 Å². The van der Waals surface area contributed by atoms with Gasteiger partial charge < -0.3 is 65.1 Å². The molecule has 2 aliphatic heterocycles. The Morgan fingerprint density at radius 1 is 0.500 bits per heavy atom. The first-order valence-electron chi connectivity index (χ1n) is 27.9. The third-order valence-electron chi connectivity index (χ3n) is 13.5. The number of nitrogens with one attached hydrogen (secondary N) is 1. The first-order valence-corrected chi connectivity index (χ1v) is 27.9. The highest BCUT2D eigenvalue weighted by molar-refractivity contribution is 5.76. The van der Waals surface area contributed by atoms with Crippen LogP contribution in [0.15, 0.2) is 48.6 Å². The SMILES string of the molecule is CCCCC/C=C\CCCCCCCC(=O)NC(COC1OC(CO)C(OC2OC(CO)C(O)C(O)C2O)C(O)C1O)C(O)/C=C/CC/C=C/CC/C=C/CCCCCCCCCCCCCCCC. The smallest absolute Gasteiger partial charge is 0.220 e. The van der Waals surface area contributed by atoms with Crippen LogP contribution in [0, 0.1) is 0 Å². The molecular formula is C56H101NO13. The second-order valence-corrected chi connectivity index (χ2v) is 19.7. The fourth-order valence-electron chi connectivity index (χ4n) is 8.90. The van der Waals surface area contributed by atoms with Crippen LogP contribution in [-0.2, 0) is 23.7 Å². The van der Waals surface area contributed by atoms with Gasteiger partial charge in [-0.3, -0.25) is 4.79 Å². The zero-order chi connectivity index (χ0) is 51.0. The summed E-state index contributed by atoms with van der Waals surface area (Å²) in [5, 5.41) is 86.8. The third-order valence-corrected chi connectivity index (χ3v) is 13.5. The minimum Gasteiger partial charge on any atom is -0.394 e. The van der Waals surface area contributed by atoms with E-state index in [-0.39, 0.29) is 18.9 Å². The number of rotatable bonds is 43. The van der Waals surface area contributed by atoms with Crippen LogP contribution in [-0.4, -0.2) is 140 Å². The lowest BCUT2D eigenvalue weighted by molar-refractivity contribution is -0.359. The van der Waals surface area contributed by atoms with E-state index in [1.165, 1.54) is 109 Å². The van der Waals surface area contributed by atoms with Gasteiger partial charge in [0.05, 0.1) is 32.0 Å². The number of aliphatic hydroxyl groups excluding tert-OH is 8. The Morgan fingerprint density at radius 3 is 1.43 bits per heavy atom. The van der Waals surface area contributed by atoms with Crippen molar-refractivity contribution in [3.63, 3.8) is 0 Å². The number of hydrogen-bond acceptors (Lipinski definition) is 13. The highest BCUT2D eigenvalue weighted by Gasteiger charge is 2.51. The molecule has 14 heteroatoms. The standard InChI is InChI=1S/C56H101NO13/c1-3-5-7-9-11-13-15-17-18-19-20-21-22-23-24-25-26-27-28-29-31-33-35-37-39-45(60)44(57-48(61)40-38-36-34-32-30-16-14-12-10-8-6-4-2)43-67-55-53(66)51(64)54(47(42-59)69-55)70-56-52(65)50(63)49(62)46(41-58)68-56/h12,14,25-26,29,31,37,39,44-47,49-56,58-60,62-66H,3-11,13,15-24,27-28,30,32-36,38,40-43H2,1-2H3,(H,57,61)/b14-12-,26-25+,31-29+,39-37+. The van der Waals surface area contributed by atoms with E-state index < -0.39 is 86.8 Å². The third kappa shape index (κ3) is 28.4. The van der Waals surface area contributed by atoms with E-state index in [2.05, 4.69) is 55.6 Å². The van der Waals surface area contributed by atoms with E-state index in [4.69, 9.17) is 18.9 Å². The molecule has 2 fully saturated rings. The normalized spacial score (nSPS) is 26.3. The summed E-state index contributed by atoms with van der Waals surface area (Å²) in [6, 6.07) is -0.941. The van der Waals surface area contributed by atoms with Gasteiger partial charge in [0, 0.05) is 6.42 Å². The number of unbranched alkanes of at least 4 members (excludes halogenated alkanes) is 24. The Morgan fingerprint density at radius 2 is 0.914 bits per heavy atom. The van der Waals surface area contributed by atoms with Crippen molar-refractivity contribution in [2.24, 2.45) is 0 Å². The summed E-state index contributed by atoms with van der Waals surface area (Å²) in [7, 11) is 0. The van der Waals surface area contributed by atoms with Gasteiger partial charge in [0.1, 0.15) is 48.8 Å².